The third-order valence-corrected chi connectivity index (χ3v) is 6.33. The first kappa shape index (κ1) is 22.6. The Labute approximate surface area is 192 Å². The summed E-state index contributed by atoms with van der Waals surface area (Å²) in [7, 11) is 0. The summed E-state index contributed by atoms with van der Waals surface area (Å²) in [6.45, 7) is 2.04. The molecule has 1 unspecified atom stereocenters. The van der Waals surface area contributed by atoms with E-state index in [0.717, 1.165) is 22.3 Å². The number of ether oxygens (including phenoxy) is 1. The zero-order valence-electron chi connectivity index (χ0n) is 18.5. The lowest BCUT2D eigenvalue weighted by Gasteiger charge is -2.28. The van der Waals surface area contributed by atoms with Crippen LogP contribution < -0.4 is 10.6 Å². The highest BCUT2D eigenvalue weighted by atomic mass is 16.5. The maximum absolute atomic E-state index is 12.8. The van der Waals surface area contributed by atoms with E-state index >= 15 is 0 Å². The molecule has 0 aromatic heterocycles. The van der Waals surface area contributed by atoms with E-state index in [4.69, 9.17) is 9.84 Å². The Bertz CT molecular complexity index is 1040. The van der Waals surface area contributed by atoms with Gasteiger partial charge in [0.25, 0.3) is 0 Å². The summed E-state index contributed by atoms with van der Waals surface area (Å²) < 4.78 is 5.53. The van der Waals surface area contributed by atoms with E-state index < -0.39 is 29.6 Å². The van der Waals surface area contributed by atoms with E-state index in [2.05, 4.69) is 22.8 Å². The summed E-state index contributed by atoms with van der Waals surface area (Å²) in [4.78, 5) is 36.5. The number of rotatable bonds is 8. The van der Waals surface area contributed by atoms with Gasteiger partial charge in [0.1, 0.15) is 12.6 Å². The SMILES string of the molecule is CC1(NC(=O)C(CCC(=O)O)NC(=O)OCC2c3ccccc3-c3ccccc32)CC=CC1. The van der Waals surface area contributed by atoms with Gasteiger partial charge in [0.05, 0.1) is 0 Å². The second-order valence-corrected chi connectivity index (χ2v) is 8.88. The average molecular weight is 449 g/mol. The number of nitrogens with one attached hydrogen (secondary N) is 2. The molecule has 0 bridgehead atoms. The van der Waals surface area contributed by atoms with E-state index in [1.54, 1.807) is 0 Å². The number of carboxylic acid groups (broad SMARTS) is 1. The molecule has 33 heavy (non-hydrogen) atoms. The molecule has 7 heteroatoms. The fourth-order valence-corrected chi connectivity index (χ4v) is 4.58. The summed E-state index contributed by atoms with van der Waals surface area (Å²) in [5.74, 6) is -1.54. The molecule has 0 spiro atoms. The molecule has 0 saturated heterocycles. The second-order valence-electron chi connectivity index (χ2n) is 8.88. The molecule has 2 aliphatic carbocycles. The Kier molecular flexibility index (Phi) is 6.49. The minimum Gasteiger partial charge on any atom is -0.481 e. The van der Waals surface area contributed by atoms with Crippen molar-refractivity contribution in [2.45, 2.75) is 50.1 Å². The first-order chi connectivity index (χ1) is 15.9. The average Bonchev–Trinajstić information content (AvgIpc) is 3.36. The number of carboxylic acids is 1. The van der Waals surface area contributed by atoms with Crippen molar-refractivity contribution in [3.05, 3.63) is 71.8 Å². The summed E-state index contributed by atoms with van der Waals surface area (Å²) in [5.41, 5.74) is 4.00. The summed E-state index contributed by atoms with van der Waals surface area (Å²) in [5, 5.41) is 14.6. The molecule has 3 N–H and O–H groups in total. The van der Waals surface area contributed by atoms with Crippen molar-refractivity contribution in [3.8, 4) is 11.1 Å². The lowest BCUT2D eigenvalue weighted by molar-refractivity contribution is -0.137. The van der Waals surface area contributed by atoms with E-state index in [1.165, 1.54) is 0 Å². The van der Waals surface area contributed by atoms with Gasteiger partial charge in [0.15, 0.2) is 0 Å². The van der Waals surface area contributed by atoms with Crippen molar-refractivity contribution in [2.24, 2.45) is 0 Å². The van der Waals surface area contributed by atoms with Crippen LogP contribution >= 0.6 is 0 Å². The quantitative estimate of drug-likeness (QED) is 0.530. The van der Waals surface area contributed by atoms with Crippen LogP contribution in [0.3, 0.4) is 0 Å². The third-order valence-electron chi connectivity index (χ3n) is 6.33. The van der Waals surface area contributed by atoms with Gasteiger partial charge in [0.2, 0.25) is 5.91 Å². The monoisotopic (exact) mass is 448 g/mol. The molecule has 7 nitrogen and oxygen atoms in total. The van der Waals surface area contributed by atoms with Gasteiger partial charge in [0, 0.05) is 17.9 Å². The van der Waals surface area contributed by atoms with E-state index in [1.807, 2.05) is 55.5 Å². The number of fused-ring (bicyclic) bond motifs is 3. The number of hydrogen-bond donors (Lipinski definition) is 3. The Morgan fingerprint density at radius 2 is 1.61 bits per heavy atom. The van der Waals surface area contributed by atoms with Crippen molar-refractivity contribution in [3.63, 3.8) is 0 Å². The molecule has 0 fully saturated rings. The Morgan fingerprint density at radius 1 is 1.03 bits per heavy atom. The Balaban J connectivity index is 1.41. The summed E-state index contributed by atoms with van der Waals surface area (Å²) in [6.07, 6.45) is 4.37. The first-order valence-electron chi connectivity index (χ1n) is 11.2. The maximum atomic E-state index is 12.8. The van der Waals surface area contributed by atoms with E-state index in [0.29, 0.717) is 12.8 Å². The minimum atomic E-state index is -1.03. The van der Waals surface area contributed by atoms with E-state index in [9.17, 15) is 14.4 Å². The van der Waals surface area contributed by atoms with Crippen LogP contribution in [-0.2, 0) is 14.3 Å². The first-order valence-corrected chi connectivity index (χ1v) is 11.2. The van der Waals surface area contributed by atoms with Crippen LogP contribution in [0.1, 0.15) is 49.7 Å². The zero-order valence-corrected chi connectivity index (χ0v) is 18.5. The van der Waals surface area contributed by atoms with Gasteiger partial charge in [-0.15, -0.1) is 0 Å². The van der Waals surface area contributed by atoms with Crippen LogP contribution in [0.25, 0.3) is 11.1 Å². The van der Waals surface area contributed by atoms with Crippen LogP contribution in [-0.4, -0.2) is 41.3 Å². The number of benzene rings is 2. The highest BCUT2D eigenvalue weighted by Gasteiger charge is 2.32. The molecule has 2 amide bonds. The molecular formula is C26H28N2O5. The fourth-order valence-electron chi connectivity index (χ4n) is 4.58. The highest BCUT2D eigenvalue weighted by Crippen LogP contribution is 2.44. The molecule has 172 valence electrons. The normalized spacial score (nSPS) is 16.5. The number of alkyl carbamates (subject to hydrolysis) is 1. The van der Waals surface area contributed by atoms with Crippen molar-refractivity contribution < 1.29 is 24.2 Å². The summed E-state index contributed by atoms with van der Waals surface area (Å²) >= 11 is 0. The molecule has 1 atom stereocenters. The number of carbonyl (C=O) groups excluding carboxylic acids is 2. The largest absolute Gasteiger partial charge is 0.481 e. The molecule has 0 saturated carbocycles. The van der Waals surface area contributed by atoms with Crippen molar-refractivity contribution in [1.29, 1.82) is 0 Å². The van der Waals surface area contributed by atoms with Gasteiger partial charge in [-0.2, -0.15) is 0 Å². The van der Waals surface area contributed by atoms with Crippen molar-refractivity contribution in [2.75, 3.05) is 6.61 Å². The molecule has 2 aliphatic rings. The molecule has 4 rings (SSSR count). The van der Waals surface area contributed by atoms with E-state index in [-0.39, 0.29) is 25.4 Å². The van der Waals surface area contributed by atoms with Crippen molar-refractivity contribution in [1.82, 2.24) is 10.6 Å². The minimum absolute atomic E-state index is 0.0190. The van der Waals surface area contributed by atoms with Gasteiger partial charge in [-0.05, 0) is 48.4 Å². The van der Waals surface area contributed by atoms with Crippen LogP contribution in [0.4, 0.5) is 4.79 Å². The number of hydrogen-bond acceptors (Lipinski definition) is 4. The lowest BCUT2D eigenvalue weighted by Crippen LogP contribution is -2.53. The van der Waals surface area contributed by atoms with Crippen LogP contribution in [0, 0.1) is 0 Å². The molecule has 0 aliphatic heterocycles. The highest BCUT2D eigenvalue weighted by molar-refractivity contribution is 5.87. The number of carbonyl (C=O) groups is 3. The van der Waals surface area contributed by atoms with Gasteiger partial charge >= 0.3 is 12.1 Å². The standard InChI is InChI=1S/C26H28N2O5/c1-26(14-6-7-15-26)28-24(31)22(12-13-23(29)30)27-25(32)33-16-21-19-10-4-2-8-17(19)18-9-3-5-11-20(18)21/h2-11,21-22H,12-16H2,1H3,(H,27,32)(H,28,31)(H,29,30). The van der Waals surface area contributed by atoms with Crippen LogP contribution in [0.2, 0.25) is 0 Å². The number of amides is 2. The molecule has 0 radical (unpaired) electrons. The topological polar surface area (TPSA) is 105 Å². The molecular weight excluding hydrogens is 420 g/mol. The van der Waals surface area contributed by atoms with Gasteiger partial charge < -0.3 is 20.5 Å². The fraction of sp³-hybridized carbons (Fsp3) is 0.346. The Hall–Kier alpha value is -3.61. The summed E-state index contributed by atoms with van der Waals surface area (Å²) in [6, 6.07) is 15.1. The second kappa shape index (κ2) is 9.48. The smallest absolute Gasteiger partial charge is 0.407 e. The predicted octanol–water partition coefficient (Wildman–Crippen LogP) is 3.98. The maximum Gasteiger partial charge on any atom is 0.407 e. The Morgan fingerprint density at radius 3 is 2.18 bits per heavy atom. The number of aliphatic carboxylic acids is 1. The lowest BCUT2D eigenvalue weighted by atomic mass is 9.98. The van der Waals surface area contributed by atoms with Crippen molar-refractivity contribution >= 4 is 18.0 Å². The zero-order chi connectivity index (χ0) is 23.4. The van der Waals surface area contributed by atoms with Crippen LogP contribution in [0.5, 0.6) is 0 Å². The molecule has 0 heterocycles. The third kappa shape index (κ3) is 5.08. The van der Waals surface area contributed by atoms with Gasteiger partial charge in [-0.1, -0.05) is 60.7 Å². The van der Waals surface area contributed by atoms with Crippen LogP contribution in [0.15, 0.2) is 60.7 Å². The predicted molar refractivity (Wildman–Crippen MR) is 124 cm³/mol. The van der Waals surface area contributed by atoms with Gasteiger partial charge in [-0.3, -0.25) is 9.59 Å². The molecule has 2 aromatic carbocycles. The molecule has 2 aromatic rings. The van der Waals surface area contributed by atoms with Gasteiger partial charge in [-0.25, -0.2) is 4.79 Å².